The molecule has 0 fully saturated rings. The third kappa shape index (κ3) is 6.70. The Morgan fingerprint density at radius 1 is 1.14 bits per heavy atom. The summed E-state index contributed by atoms with van der Waals surface area (Å²) in [6.07, 6.45) is 6.84. The van der Waals surface area contributed by atoms with Gasteiger partial charge in [0, 0.05) is 5.56 Å². The zero-order chi connectivity index (χ0) is 15.7. The molecule has 0 aromatic heterocycles. The van der Waals surface area contributed by atoms with E-state index in [2.05, 4.69) is 27.4 Å². The van der Waals surface area contributed by atoms with Gasteiger partial charge in [-0.2, -0.15) is 0 Å². The van der Waals surface area contributed by atoms with Crippen LogP contribution in [0.25, 0.3) is 6.08 Å². The van der Waals surface area contributed by atoms with Crippen molar-refractivity contribution in [1.82, 2.24) is 0 Å². The second-order valence-corrected chi connectivity index (χ2v) is 6.17. The van der Waals surface area contributed by atoms with Crippen LogP contribution in [0.2, 0.25) is 0 Å². The summed E-state index contributed by atoms with van der Waals surface area (Å²) in [5.41, 5.74) is 0.972. The van der Waals surface area contributed by atoms with E-state index < -0.39 is 0 Å². The number of hydrogen-bond acceptors (Lipinski definition) is 2. The van der Waals surface area contributed by atoms with Crippen molar-refractivity contribution < 1.29 is 9.47 Å². The van der Waals surface area contributed by atoms with Gasteiger partial charge in [0.1, 0.15) is 11.5 Å². The Morgan fingerprint density at radius 3 is 2.52 bits per heavy atom. The van der Waals surface area contributed by atoms with Crippen LogP contribution in [-0.4, -0.2) is 13.7 Å². The van der Waals surface area contributed by atoms with Gasteiger partial charge in [0.25, 0.3) is 0 Å². The molecule has 0 N–H and O–H groups in total. The predicted octanol–water partition coefficient (Wildman–Crippen LogP) is 5.57. The standard InChI is InChI=1S/C19H30O2/c1-6-17-14-18(10-11-19(17)20-5)21-13-12-16(4)9-7-8-15(2)3/h6,10-11,14-16H,1,7-9,12-13H2,2-5H3. The molecule has 2 heteroatoms. The summed E-state index contributed by atoms with van der Waals surface area (Å²) in [5.74, 6) is 3.26. The molecule has 0 radical (unpaired) electrons. The molecule has 1 aromatic rings. The number of rotatable bonds is 10. The van der Waals surface area contributed by atoms with Crippen molar-refractivity contribution in [3.63, 3.8) is 0 Å². The number of hydrogen-bond donors (Lipinski definition) is 0. The molecular weight excluding hydrogens is 260 g/mol. The third-order valence-corrected chi connectivity index (χ3v) is 3.78. The van der Waals surface area contributed by atoms with Gasteiger partial charge < -0.3 is 9.47 Å². The Hall–Kier alpha value is -1.44. The highest BCUT2D eigenvalue weighted by atomic mass is 16.5. The van der Waals surface area contributed by atoms with E-state index in [1.165, 1.54) is 19.3 Å². The number of ether oxygens (including phenoxy) is 2. The zero-order valence-corrected chi connectivity index (χ0v) is 14.0. The van der Waals surface area contributed by atoms with Gasteiger partial charge in [0.15, 0.2) is 0 Å². The average Bonchev–Trinajstić information content (AvgIpc) is 2.46. The van der Waals surface area contributed by atoms with Crippen LogP contribution in [0.5, 0.6) is 11.5 Å². The van der Waals surface area contributed by atoms with E-state index in [9.17, 15) is 0 Å². The van der Waals surface area contributed by atoms with Crippen molar-refractivity contribution in [2.24, 2.45) is 11.8 Å². The van der Waals surface area contributed by atoms with E-state index in [4.69, 9.17) is 9.47 Å². The Bertz CT molecular complexity index is 424. The van der Waals surface area contributed by atoms with Gasteiger partial charge in [-0.25, -0.2) is 0 Å². The monoisotopic (exact) mass is 290 g/mol. The second kappa shape index (κ2) is 9.49. The van der Waals surface area contributed by atoms with Gasteiger partial charge in [-0.3, -0.25) is 0 Å². The summed E-state index contributed by atoms with van der Waals surface area (Å²) in [6, 6.07) is 5.86. The minimum absolute atomic E-state index is 0.723. The molecule has 0 amide bonds. The summed E-state index contributed by atoms with van der Waals surface area (Å²) < 4.78 is 11.1. The zero-order valence-electron chi connectivity index (χ0n) is 14.0. The minimum atomic E-state index is 0.723. The van der Waals surface area contributed by atoms with Gasteiger partial charge >= 0.3 is 0 Å². The van der Waals surface area contributed by atoms with Gasteiger partial charge in [-0.05, 0) is 36.5 Å². The fraction of sp³-hybridized carbons (Fsp3) is 0.579. The van der Waals surface area contributed by atoms with E-state index >= 15 is 0 Å². The minimum Gasteiger partial charge on any atom is -0.496 e. The SMILES string of the molecule is C=Cc1cc(OCCC(C)CCCC(C)C)ccc1OC. The normalized spacial score (nSPS) is 12.2. The molecule has 1 rings (SSSR count). The molecule has 0 aliphatic carbocycles. The highest BCUT2D eigenvalue weighted by Crippen LogP contribution is 2.25. The van der Waals surface area contributed by atoms with Gasteiger partial charge in [0.05, 0.1) is 13.7 Å². The fourth-order valence-electron chi connectivity index (χ4n) is 2.36. The Morgan fingerprint density at radius 2 is 1.90 bits per heavy atom. The smallest absolute Gasteiger partial charge is 0.126 e. The molecule has 0 aliphatic heterocycles. The topological polar surface area (TPSA) is 18.5 Å². The lowest BCUT2D eigenvalue weighted by atomic mass is 9.98. The largest absolute Gasteiger partial charge is 0.496 e. The lowest BCUT2D eigenvalue weighted by Gasteiger charge is -2.14. The van der Waals surface area contributed by atoms with Crippen LogP contribution in [0, 0.1) is 11.8 Å². The van der Waals surface area contributed by atoms with E-state index in [1.54, 1.807) is 13.2 Å². The summed E-state index contributed by atoms with van der Waals surface area (Å²) >= 11 is 0. The average molecular weight is 290 g/mol. The van der Waals surface area contributed by atoms with Crippen LogP contribution in [0.3, 0.4) is 0 Å². The Labute approximate surface area is 130 Å². The van der Waals surface area contributed by atoms with E-state index in [-0.39, 0.29) is 0 Å². The molecule has 1 unspecified atom stereocenters. The first-order chi connectivity index (χ1) is 10.1. The molecule has 0 saturated carbocycles. The Kier molecular flexibility index (Phi) is 7.96. The van der Waals surface area contributed by atoms with Crippen LogP contribution in [0.1, 0.15) is 52.0 Å². The summed E-state index contributed by atoms with van der Waals surface area (Å²) in [4.78, 5) is 0. The first-order valence-electron chi connectivity index (χ1n) is 8.00. The summed E-state index contributed by atoms with van der Waals surface area (Å²) in [6.45, 7) is 11.5. The van der Waals surface area contributed by atoms with Gasteiger partial charge in [-0.1, -0.05) is 52.7 Å². The molecular formula is C19H30O2. The van der Waals surface area contributed by atoms with Crippen LogP contribution in [-0.2, 0) is 0 Å². The molecule has 0 heterocycles. The number of benzene rings is 1. The third-order valence-electron chi connectivity index (χ3n) is 3.78. The molecule has 0 bridgehead atoms. The van der Waals surface area contributed by atoms with Crippen LogP contribution < -0.4 is 9.47 Å². The van der Waals surface area contributed by atoms with Crippen molar-refractivity contribution >= 4 is 6.08 Å². The maximum absolute atomic E-state index is 5.84. The summed E-state index contributed by atoms with van der Waals surface area (Å²) in [7, 11) is 1.67. The van der Waals surface area contributed by atoms with E-state index in [0.29, 0.717) is 0 Å². The maximum atomic E-state index is 5.84. The molecule has 0 spiro atoms. The first-order valence-corrected chi connectivity index (χ1v) is 8.00. The molecule has 118 valence electrons. The fourth-order valence-corrected chi connectivity index (χ4v) is 2.36. The molecule has 1 aromatic carbocycles. The van der Waals surface area contributed by atoms with Crippen LogP contribution in [0.15, 0.2) is 24.8 Å². The Balaban J connectivity index is 2.33. The van der Waals surface area contributed by atoms with Crippen LogP contribution in [0.4, 0.5) is 0 Å². The van der Waals surface area contributed by atoms with E-state index in [1.807, 2.05) is 18.2 Å². The quantitative estimate of drug-likeness (QED) is 0.561. The van der Waals surface area contributed by atoms with Crippen molar-refractivity contribution in [3.05, 3.63) is 30.3 Å². The van der Waals surface area contributed by atoms with Crippen molar-refractivity contribution in [2.75, 3.05) is 13.7 Å². The van der Waals surface area contributed by atoms with Crippen molar-refractivity contribution in [2.45, 2.75) is 46.5 Å². The van der Waals surface area contributed by atoms with E-state index in [0.717, 1.165) is 41.9 Å². The van der Waals surface area contributed by atoms with Gasteiger partial charge in [-0.15, -0.1) is 0 Å². The van der Waals surface area contributed by atoms with Crippen molar-refractivity contribution in [1.29, 1.82) is 0 Å². The predicted molar refractivity (Wildman–Crippen MR) is 91.1 cm³/mol. The lowest BCUT2D eigenvalue weighted by Crippen LogP contribution is -2.05. The number of methoxy groups -OCH3 is 1. The highest BCUT2D eigenvalue weighted by Gasteiger charge is 2.05. The molecule has 1 atom stereocenters. The first kappa shape index (κ1) is 17.6. The maximum Gasteiger partial charge on any atom is 0.126 e. The molecule has 2 nitrogen and oxygen atoms in total. The molecule has 0 aliphatic rings. The van der Waals surface area contributed by atoms with Crippen molar-refractivity contribution in [3.8, 4) is 11.5 Å². The highest BCUT2D eigenvalue weighted by molar-refractivity contribution is 5.58. The molecule has 21 heavy (non-hydrogen) atoms. The lowest BCUT2D eigenvalue weighted by molar-refractivity contribution is 0.275. The second-order valence-electron chi connectivity index (χ2n) is 6.17. The summed E-state index contributed by atoms with van der Waals surface area (Å²) in [5, 5.41) is 0. The molecule has 0 saturated heterocycles. The van der Waals surface area contributed by atoms with Gasteiger partial charge in [0.2, 0.25) is 0 Å². The van der Waals surface area contributed by atoms with Crippen LogP contribution >= 0.6 is 0 Å².